The molecule has 8 nitrogen and oxygen atoms in total. The zero-order valence-electron chi connectivity index (χ0n) is 18.4. The van der Waals surface area contributed by atoms with Crippen molar-refractivity contribution in [3.8, 4) is 5.75 Å². The van der Waals surface area contributed by atoms with Gasteiger partial charge in [0.2, 0.25) is 0 Å². The second-order valence-corrected chi connectivity index (χ2v) is 8.38. The summed E-state index contributed by atoms with van der Waals surface area (Å²) in [6.07, 6.45) is 4.13. The van der Waals surface area contributed by atoms with Gasteiger partial charge in [0.05, 0.1) is 13.7 Å². The Morgan fingerprint density at radius 2 is 1.82 bits per heavy atom. The number of rotatable bonds is 4. The molecule has 2 amide bonds. The van der Waals surface area contributed by atoms with Gasteiger partial charge in [-0.3, -0.25) is 9.59 Å². The zero-order chi connectivity index (χ0) is 22.8. The number of likely N-dealkylation sites (tertiary alicyclic amines) is 1. The first-order chi connectivity index (χ1) is 16.1. The van der Waals surface area contributed by atoms with E-state index in [-0.39, 0.29) is 11.8 Å². The van der Waals surface area contributed by atoms with Gasteiger partial charge in [0, 0.05) is 49.6 Å². The van der Waals surface area contributed by atoms with Crippen LogP contribution in [0.15, 0.2) is 67.0 Å². The maximum atomic E-state index is 13.0. The molecule has 0 bridgehead atoms. The van der Waals surface area contributed by atoms with E-state index in [0.717, 1.165) is 11.5 Å². The van der Waals surface area contributed by atoms with E-state index < -0.39 is 11.7 Å². The van der Waals surface area contributed by atoms with Crippen LogP contribution in [0.5, 0.6) is 5.75 Å². The SMILES string of the molecule is COc1ccc(C(=O)N2CCC3(CC2)OC(C(=O)Nc2ccccc2)Cn2ccnc23)cc1. The van der Waals surface area contributed by atoms with Crippen molar-refractivity contribution in [3.05, 3.63) is 78.4 Å². The second-order valence-electron chi connectivity index (χ2n) is 8.38. The molecule has 1 spiro atoms. The molecule has 2 aromatic carbocycles. The van der Waals surface area contributed by atoms with E-state index in [1.54, 1.807) is 37.6 Å². The van der Waals surface area contributed by atoms with Crippen molar-refractivity contribution in [2.45, 2.75) is 31.1 Å². The molecule has 2 aliphatic heterocycles. The molecular weight excluding hydrogens is 420 g/mol. The number of amides is 2. The third kappa shape index (κ3) is 4.09. The first kappa shape index (κ1) is 21.2. The summed E-state index contributed by atoms with van der Waals surface area (Å²) < 4.78 is 13.6. The van der Waals surface area contributed by atoms with Gasteiger partial charge in [0.1, 0.15) is 17.2 Å². The molecular formula is C25H26N4O4. The Morgan fingerprint density at radius 3 is 2.52 bits per heavy atom. The van der Waals surface area contributed by atoms with E-state index in [2.05, 4.69) is 10.3 Å². The summed E-state index contributed by atoms with van der Waals surface area (Å²) in [7, 11) is 1.60. The molecule has 1 unspecified atom stereocenters. The van der Waals surface area contributed by atoms with E-state index in [9.17, 15) is 9.59 Å². The number of anilines is 1. The van der Waals surface area contributed by atoms with Gasteiger partial charge in [-0.15, -0.1) is 0 Å². The molecule has 1 fully saturated rings. The fourth-order valence-electron chi connectivity index (χ4n) is 4.61. The number of aromatic nitrogens is 2. The number of benzene rings is 2. The van der Waals surface area contributed by atoms with Crippen LogP contribution < -0.4 is 10.1 Å². The van der Waals surface area contributed by atoms with Crippen LogP contribution in [0.2, 0.25) is 0 Å². The third-order valence-corrected chi connectivity index (χ3v) is 6.38. The molecule has 5 rings (SSSR count). The average molecular weight is 447 g/mol. The molecule has 0 aliphatic carbocycles. The number of hydrogen-bond acceptors (Lipinski definition) is 5. The summed E-state index contributed by atoms with van der Waals surface area (Å²) >= 11 is 0. The number of carbonyl (C=O) groups excluding carboxylic acids is 2. The molecule has 1 saturated heterocycles. The van der Waals surface area contributed by atoms with Crippen molar-refractivity contribution in [1.29, 1.82) is 0 Å². The van der Waals surface area contributed by atoms with E-state index in [0.29, 0.717) is 43.8 Å². The molecule has 8 heteroatoms. The minimum Gasteiger partial charge on any atom is -0.497 e. The van der Waals surface area contributed by atoms with Gasteiger partial charge < -0.3 is 24.3 Å². The number of ether oxygens (including phenoxy) is 2. The van der Waals surface area contributed by atoms with Gasteiger partial charge in [-0.2, -0.15) is 0 Å². The highest BCUT2D eigenvalue weighted by Gasteiger charge is 2.47. The van der Waals surface area contributed by atoms with Crippen LogP contribution in [-0.4, -0.2) is 52.6 Å². The van der Waals surface area contributed by atoms with Crippen LogP contribution in [0.3, 0.4) is 0 Å². The fourth-order valence-corrected chi connectivity index (χ4v) is 4.61. The lowest BCUT2D eigenvalue weighted by molar-refractivity contribution is -0.168. The summed E-state index contributed by atoms with van der Waals surface area (Å²) in [6, 6.07) is 16.5. The topological polar surface area (TPSA) is 85.7 Å². The number of para-hydroxylation sites is 1. The van der Waals surface area contributed by atoms with E-state index in [1.807, 2.05) is 46.0 Å². The number of methoxy groups -OCH3 is 1. The largest absolute Gasteiger partial charge is 0.497 e. The van der Waals surface area contributed by atoms with E-state index in [1.165, 1.54) is 0 Å². The molecule has 3 heterocycles. The van der Waals surface area contributed by atoms with E-state index in [4.69, 9.17) is 9.47 Å². The highest BCUT2D eigenvalue weighted by Crippen LogP contribution is 2.40. The monoisotopic (exact) mass is 446 g/mol. The smallest absolute Gasteiger partial charge is 0.255 e. The maximum Gasteiger partial charge on any atom is 0.255 e. The molecule has 0 radical (unpaired) electrons. The molecule has 2 aliphatic rings. The lowest BCUT2D eigenvalue weighted by atomic mass is 9.88. The van der Waals surface area contributed by atoms with Crippen LogP contribution >= 0.6 is 0 Å². The van der Waals surface area contributed by atoms with Crippen LogP contribution in [0.4, 0.5) is 5.69 Å². The van der Waals surface area contributed by atoms with Crippen molar-refractivity contribution in [1.82, 2.24) is 14.5 Å². The Bertz CT molecular complexity index is 1130. The van der Waals surface area contributed by atoms with Crippen molar-refractivity contribution >= 4 is 17.5 Å². The maximum absolute atomic E-state index is 13.0. The molecule has 1 aromatic heterocycles. The number of nitrogens with one attached hydrogen (secondary N) is 1. The summed E-state index contributed by atoms with van der Waals surface area (Å²) in [5.74, 6) is 1.33. The average Bonchev–Trinajstić information content (AvgIpc) is 3.35. The number of imidazole rings is 1. The zero-order valence-corrected chi connectivity index (χ0v) is 18.4. The number of fused-ring (bicyclic) bond motifs is 2. The Hall–Kier alpha value is -3.65. The predicted octanol–water partition coefficient (Wildman–Crippen LogP) is 3.06. The minimum absolute atomic E-state index is 0.0231. The van der Waals surface area contributed by atoms with Crippen molar-refractivity contribution in [2.75, 3.05) is 25.5 Å². The summed E-state index contributed by atoms with van der Waals surface area (Å²) in [6.45, 7) is 1.44. The molecule has 0 saturated carbocycles. The quantitative estimate of drug-likeness (QED) is 0.666. The second kappa shape index (κ2) is 8.71. The fraction of sp³-hybridized carbons (Fsp3) is 0.320. The number of piperidine rings is 1. The number of nitrogens with zero attached hydrogens (tertiary/aromatic N) is 3. The van der Waals surface area contributed by atoms with Crippen LogP contribution in [0.1, 0.15) is 29.0 Å². The normalized spacial score (nSPS) is 19.1. The van der Waals surface area contributed by atoms with Gasteiger partial charge in [0.15, 0.2) is 6.10 Å². The van der Waals surface area contributed by atoms with Crippen LogP contribution in [0, 0.1) is 0 Å². The summed E-state index contributed by atoms with van der Waals surface area (Å²) in [4.78, 5) is 32.4. The van der Waals surface area contributed by atoms with E-state index >= 15 is 0 Å². The Labute approximate surface area is 192 Å². The third-order valence-electron chi connectivity index (χ3n) is 6.38. The molecule has 33 heavy (non-hydrogen) atoms. The Morgan fingerprint density at radius 1 is 1.09 bits per heavy atom. The van der Waals surface area contributed by atoms with Crippen molar-refractivity contribution < 1.29 is 19.1 Å². The van der Waals surface area contributed by atoms with Crippen LogP contribution in [0.25, 0.3) is 0 Å². The first-order valence-electron chi connectivity index (χ1n) is 11.1. The standard InChI is InChI=1S/C25H26N4O4/c1-32-20-9-7-18(8-10-20)23(31)28-14-11-25(12-15-28)24-26-13-16-29(24)17-21(33-25)22(30)27-19-5-3-2-4-6-19/h2-10,13,16,21H,11-12,14-15,17H2,1H3,(H,27,30). The lowest BCUT2D eigenvalue weighted by Gasteiger charge is -2.45. The van der Waals surface area contributed by atoms with Crippen molar-refractivity contribution in [3.63, 3.8) is 0 Å². The predicted molar refractivity (Wildman–Crippen MR) is 122 cm³/mol. The van der Waals surface area contributed by atoms with Crippen LogP contribution in [-0.2, 0) is 21.7 Å². The summed E-state index contributed by atoms with van der Waals surface area (Å²) in [5.41, 5.74) is 0.659. The van der Waals surface area contributed by atoms with Crippen molar-refractivity contribution in [2.24, 2.45) is 0 Å². The first-order valence-corrected chi connectivity index (χ1v) is 11.1. The van der Waals surface area contributed by atoms with Gasteiger partial charge in [-0.25, -0.2) is 4.98 Å². The lowest BCUT2D eigenvalue weighted by Crippen LogP contribution is -2.54. The number of carbonyl (C=O) groups is 2. The highest BCUT2D eigenvalue weighted by atomic mass is 16.5. The van der Waals surface area contributed by atoms with Gasteiger partial charge in [-0.1, -0.05) is 18.2 Å². The molecule has 3 aromatic rings. The molecule has 1 atom stereocenters. The molecule has 170 valence electrons. The van der Waals surface area contributed by atoms with Gasteiger partial charge in [0.25, 0.3) is 11.8 Å². The summed E-state index contributed by atoms with van der Waals surface area (Å²) in [5, 5.41) is 2.94. The van der Waals surface area contributed by atoms with Gasteiger partial charge in [-0.05, 0) is 36.4 Å². The highest BCUT2D eigenvalue weighted by molar-refractivity contribution is 5.95. The number of hydrogen-bond donors (Lipinski definition) is 1. The Balaban J connectivity index is 1.31. The Kier molecular flexibility index (Phi) is 5.60. The molecule has 1 N–H and O–H groups in total. The minimum atomic E-state index is -0.697. The van der Waals surface area contributed by atoms with Gasteiger partial charge >= 0.3 is 0 Å².